The average molecular weight is 314 g/mol. The Morgan fingerprint density at radius 2 is 1.64 bits per heavy atom. The maximum absolute atomic E-state index is 12.6. The van der Waals surface area contributed by atoms with E-state index in [2.05, 4.69) is 6.92 Å². The minimum atomic E-state index is -3.68. The Bertz CT molecular complexity index is 790. The number of rotatable bonds is 5. The molecule has 4 nitrogen and oxygen atoms in total. The number of aryl methyl sites for hydroxylation is 1. The molecule has 114 valence electrons. The van der Waals surface area contributed by atoms with Gasteiger partial charge in [-0.1, -0.05) is 43.3 Å². The third-order valence-corrected chi connectivity index (χ3v) is 5.39. The summed E-state index contributed by atoms with van der Waals surface area (Å²) in [6, 6.07) is 16.0. The van der Waals surface area contributed by atoms with E-state index in [9.17, 15) is 8.42 Å². The highest BCUT2D eigenvalue weighted by Crippen LogP contribution is 2.20. The highest BCUT2D eigenvalue weighted by molar-refractivity contribution is 7.89. The summed E-state index contributed by atoms with van der Waals surface area (Å²) in [6.45, 7) is 2.34. The Hall–Kier alpha value is -2.16. The van der Waals surface area contributed by atoms with Crippen LogP contribution in [0.2, 0.25) is 0 Å². The molecule has 0 amide bonds. The van der Waals surface area contributed by atoms with Crippen molar-refractivity contribution in [2.45, 2.75) is 24.8 Å². The summed E-state index contributed by atoms with van der Waals surface area (Å²) in [6.07, 6.45) is 0.948. The lowest BCUT2D eigenvalue weighted by molar-refractivity contribution is 0.466. The lowest BCUT2D eigenvalue weighted by Crippen LogP contribution is -2.27. The quantitative estimate of drug-likeness (QED) is 0.852. The highest BCUT2D eigenvalue weighted by atomic mass is 32.2. The van der Waals surface area contributed by atoms with Crippen molar-refractivity contribution >= 4 is 10.0 Å². The van der Waals surface area contributed by atoms with Crippen LogP contribution in [0.5, 0.6) is 0 Å². The Labute approximate surface area is 131 Å². The van der Waals surface area contributed by atoms with Crippen molar-refractivity contribution in [2.75, 3.05) is 7.05 Å². The Morgan fingerprint density at radius 3 is 2.23 bits per heavy atom. The van der Waals surface area contributed by atoms with Gasteiger partial charge < -0.3 is 0 Å². The van der Waals surface area contributed by atoms with Gasteiger partial charge in [-0.3, -0.25) is 0 Å². The Morgan fingerprint density at radius 1 is 1.05 bits per heavy atom. The van der Waals surface area contributed by atoms with E-state index in [0.29, 0.717) is 0 Å². The number of hydrogen-bond donors (Lipinski definition) is 0. The second-order valence-electron chi connectivity index (χ2n) is 5.04. The second kappa shape index (κ2) is 6.73. The van der Waals surface area contributed by atoms with Crippen LogP contribution in [-0.2, 0) is 23.0 Å². The molecule has 0 saturated carbocycles. The first-order valence-electron chi connectivity index (χ1n) is 7.02. The summed E-state index contributed by atoms with van der Waals surface area (Å²) < 4.78 is 26.5. The van der Waals surface area contributed by atoms with Crippen LogP contribution >= 0.6 is 0 Å². The van der Waals surface area contributed by atoms with E-state index >= 15 is 0 Å². The normalized spacial score (nSPS) is 11.4. The predicted molar refractivity (Wildman–Crippen MR) is 85.6 cm³/mol. The van der Waals surface area contributed by atoms with Crippen molar-refractivity contribution in [3.05, 3.63) is 65.2 Å². The molecule has 0 aromatic heterocycles. The summed E-state index contributed by atoms with van der Waals surface area (Å²) in [4.78, 5) is 0.0465. The van der Waals surface area contributed by atoms with Crippen LogP contribution in [0.25, 0.3) is 0 Å². The fraction of sp³-hybridized carbons (Fsp3) is 0.235. The molecule has 0 bridgehead atoms. The van der Waals surface area contributed by atoms with Crippen molar-refractivity contribution in [1.29, 1.82) is 5.26 Å². The van der Waals surface area contributed by atoms with Crippen LogP contribution in [0, 0.1) is 11.3 Å². The van der Waals surface area contributed by atoms with Gasteiger partial charge in [-0.25, -0.2) is 8.42 Å². The minimum Gasteiger partial charge on any atom is -0.207 e. The topological polar surface area (TPSA) is 61.2 Å². The number of hydrogen-bond acceptors (Lipinski definition) is 3. The molecule has 22 heavy (non-hydrogen) atoms. The van der Waals surface area contributed by atoms with E-state index in [1.165, 1.54) is 29.0 Å². The van der Waals surface area contributed by atoms with Gasteiger partial charge in [0.15, 0.2) is 0 Å². The van der Waals surface area contributed by atoms with E-state index in [-0.39, 0.29) is 17.0 Å². The summed E-state index contributed by atoms with van der Waals surface area (Å²) in [7, 11) is -2.16. The maximum Gasteiger partial charge on any atom is 0.244 e. The van der Waals surface area contributed by atoms with E-state index in [1.54, 1.807) is 12.1 Å². The molecule has 0 heterocycles. The fourth-order valence-corrected chi connectivity index (χ4v) is 3.47. The predicted octanol–water partition coefficient (Wildman–Crippen LogP) is 2.94. The van der Waals surface area contributed by atoms with Gasteiger partial charge in [0.1, 0.15) is 6.07 Å². The highest BCUT2D eigenvalue weighted by Gasteiger charge is 2.23. The van der Waals surface area contributed by atoms with Crippen molar-refractivity contribution in [3.63, 3.8) is 0 Å². The zero-order valence-corrected chi connectivity index (χ0v) is 13.5. The van der Waals surface area contributed by atoms with Crippen LogP contribution in [0.3, 0.4) is 0 Å². The maximum atomic E-state index is 12.6. The van der Waals surface area contributed by atoms with Crippen LogP contribution in [0.1, 0.15) is 23.6 Å². The average Bonchev–Trinajstić information content (AvgIpc) is 2.55. The molecule has 0 atom stereocenters. The molecule has 0 saturated heterocycles. The molecule has 2 aromatic rings. The van der Waals surface area contributed by atoms with Crippen molar-refractivity contribution in [1.82, 2.24) is 4.31 Å². The first-order chi connectivity index (χ1) is 10.5. The van der Waals surface area contributed by atoms with Gasteiger partial charge in [0.2, 0.25) is 10.0 Å². The zero-order chi connectivity index (χ0) is 16.2. The van der Waals surface area contributed by atoms with E-state index in [0.717, 1.165) is 12.0 Å². The van der Waals surface area contributed by atoms with Gasteiger partial charge in [0.25, 0.3) is 0 Å². The molecule has 0 aliphatic rings. The lowest BCUT2D eigenvalue weighted by atomic mass is 10.1. The number of benzene rings is 2. The molecule has 0 radical (unpaired) electrons. The third-order valence-electron chi connectivity index (χ3n) is 3.53. The zero-order valence-electron chi connectivity index (χ0n) is 12.7. The molecule has 2 aromatic carbocycles. The molecule has 0 unspecified atom stereocenters. The Balaban J connectivity index is 2.27. The smallest absolute Gasteiger partial charge is 0.207 e. The van der Waals surface area contributed by atoms with Crippen molar-refractivity contribution in [3.8, 4) is 6.07 Å². The number of sulfonamides is 1. The van der Waals surface area contributed by atoms with E-state index in [1.807, 2.05) is 30.3 Å². The van der Waals surface area contributed by atoms with Gasteiger partial charge in [-0.15, -0.1) is 0 Å². The molecule has 0 aliphatic carbocycles. The minimum absolute atomic E-state index is 0.0465. The standard InChI is InChI=1S/C17H18N2O2S/c1-3-14-8-10-15(11-9-14)13-19(2)22(20,21)17-7-5-4-6-16(17)12-18/h4-11H,3,13H2,1-2H3. The van der Waals surface area contributed by atoms with Gasteiger partial charge in [-0.05, 0) is 29.7 Å². The fourth-order valence-electron chi connectivity index (χ4n) is 2.17. The van der Waals surface area contributed by atoms with Gasteiger partial charge in [-0.2, -0.15) is 9.57 Å². The van der Waals surface area contributed by atoms with Crippen LogP contribution < -0.4 is 0 Å². The summed E-state index contributed by atoms with van der Waals surface area (Å²) >= 11 is 0. The second-order valence-corrected chi connectivity index (χ2v) is 7.05. The molecule has 2 rings (SSSR count). The van der Waals surface area contributed by atoms with Gasteiger partial charge in [0, 0.05) is 13.6 Å². The first kappa shape index (κ1) is 16.2. The molecule has 5 heteroatoms. The molecule has 0 fully saturated rings. The summed E-state index contributed by atoms with van der Waals surface area (Å²) in [5.74, 6) is 0. The summed E-state index contributed by atoms with van der Waals surface area (Å²) in [5.41, 5.74) is 2.29. The van der Waals surface area contributed by atoms with Crippen LogP contribution in [0.4, 0.5) is 0 Å². The SMILES string of the molecule is CCc1ccc(CN(C)S(=O)(=O)c2ccccc2C#N)cc1. The van der Waals surface area contributed by atoms with Gasteiger partial charge >= 0.3 is 0 Å². The molecular formula is C17H18N2O2S. The summed E-state index contributed by atoms with van der Waals surface area (Å²) in [5, 5.41) is 9.08. The molecule has 0 N–H and O–H groups in total. The lowest BCUT2D eigenvalue weighted by Gasteiger charge is -2.18. The number of nitrogens with zero attached hydrogens (tertiary/aromatic N) is 2. The monoisotopic (exact) mass is 314 g/mol. The largest absolute Gasteiger partial charge is 0.244 e. The first-order valence-corrected chi connectivity index (χ1v) is 8.46. The van der Waals surface area contributed by atoms with Crippen molar-refractivity contribution < 1.29 is 8.42 Å². The third kappa shape index (κ3) is 3.35. The molecular weight excluding hydrogens is 296 g/mol. The van der Waals surface area contributed by atoms with Gasteiger partial charge in [0.05, 0.1) is 10.5 Å². The van der Waals surface area contributed by atoms with Crippen LogP contribution in [0.15, 0.2) is 53.4 Å². The molecule has 0 aliphatic heterocycles. The Kier molecular flexibility index (Phi) is 4.96. The van der Waals surface area contributed by atoms with Crippen LogP contribution in [-0.4, -0.2) is 19.8 Å². The number of nitriles is 1. The van der Waals surface area contributed by atoms with E-state index < -0.39 is 10.0 Å². The van der Waals surface area contributed by atoms with Crippen molar-refractivity contribution in [2.24, 2.45) is 0 Å². The van der Waals surface area contributed by atoms with E-state index in [4.69, 9.17) is 5.26 Å². The molecule has 0 spiro atoms.